The Balaban J connectivity index is 2.13. The quantitative estimate of drug-likeness (QED) is 0.683. The number of piperidine rings is 1. The van der Waals surface area contributed by atoms with Crippen molar-refractivity contribution in [3.8, 4) is 0 Å². The lowest BCUT2D eigenvalue weighted by Crippen LogP contribution is -2.38. The number of likely N-dealkylation sites (tertiary alicyclic amines) is 1. The van der Waals surface area contributed by atoms with Crippen molar-refractivity contribution >= 4 is 5.96 Å². The van der Waals surface area contributed by atoms with Crippen LogP contribution in [0.3, 0.4) is 0 Å². The highest BCUT2D eigenvalue weighted by Crippen LogP contribution is 2.27. The summed E-state index contributed by atoms with van der Waals surface area (Å²) in [7, 11) is 3.86. The number of hydrogen-bond acceptors (Lipinski definition) is 2. The third-order valence-electron chi connectivity index (χ3n) is 4.33. The molecule has 0 radical (unpaired) electrons. The van der Waals surface area contributed by atoms with Crippen molar-refractivity contribution in [2.24, 2.45) is 16.6 Å². The topological polar surface area (TPSA) is 44.9 Å². The molecule has 4 heteroatoms. The van der Waals surface area contributed by atoms with Crippen LogP contribution in [0.2, 0.25) is 0 Å². The van der Waals surface area contributed by atoms with E-state index >= 15 is 0 Å². The van der Waals surface area contributed by atoms with E-state index in [4.69, 9.17) is 5.73 Å². The summed E-state index contributed by atoms with van der Waals surface area (Å²) in [4.78, 5) is 8.99. The van der Waals surface area contributed by atoms with E-state index in [9.17, 15) is 0 Å². The van der Waals surface area contributed by atoms with Gasteiger partial charge in [0.05, 0.1) is 12.6 Å². The molecule has 0 saturated carbocycles. The Morgan fingerprint density at radius 3 is 2.48 bits per heavy atom. The van der Waals surface area contributed by atoms with Gasteiger partial charge in [-0.1, -0.05) is 37.3 Å². The van der Waals surface area contributed by atoms with E-state index in [2.05, 4.69) is 47.1 Å². The summed E-state index contributed by atoms with van der Waals surface area (Å²) in [6.07, 6.45) is 2.55. The maximum atomic E-state index is 5.95. The average molecular weight is 288 g/mol. The maximum absolute atomic E-state index is 5.95. The zero-order valence-electron chi connectivity index (χ0n) is 13.5. The first-order chi connectivity index (χ1) is 10.1. The van der Waals surface area contributed by atoms with Crippen molar-refractivity contribution < 1.29 is 0 Å². The Bertz CT molecular complexity index is 447. The molecular formula is C17H28N4. The Labute approximate surface area is 128 Å². The highest BCUT2D eigenvalue weighted by Gasteiger charge is 2.24. The van der Waals surface area contributed by atoms with Gasteiger partial charge < -0.3 is 10.6 Å². The second kappa shape index (κ2) is 7.46. The van der Waals surface area contributed by atoms with E-state index < -0.39 is 0 Å². The molecule has 0 unspecified atom stereocenters. The standard InChI is InChI=1S/C17H28N4/c1-14-9-11-21(12-10-14)16(13-19-17(18)20(2)3)15-7-5-4-6-8-15/h4-8,14,16H,9-13H2,1-3H3,(H2,18,19)/t16-/m0/s1. The monoisotopic (exact) mass is 288 g/mol. The van der Waals surface area contributed by atoms with Crippen molar-refractivity contribution in [3.63, 3.8) is 0 Å². The van der Waals surface area contributed by atoms with Gasteiger partial charge in [0, 0.05) is 14.1 Å². The number of benzene rings is 1. The molecule has 0 amide bonds. The minimum absolute atomic E-state index is 0.331. The Kier molecular flexibility index (Phi) is 5.62. The van der Waals surface area contributed by atoms with Gasteiger partial charge in [0.25, 0.3) is 0 Å². The fourth-order valence-electron chi connectivity index (χ4n) is 2.77. The first kappa shape index (κ1) is 15.8. The molecule has 21 heavy (non-hydrogen) atoms. The summed E-state index contributed by atoms with van der Waals surface area (Å²) < 4.78 is 0. The first-order valence-corrected chi connectivity index (χ1v) is 7.84. The van der Waals surface area contributed by atoms with Gasteiger partial charge in [-0.2, -0.15) is 0 Å². The van der Waals surface area contributed by atoms with Gasteiger partial charge in [-0.05, 0) is 37.4 Å². The predicted molar refractivity (Wildman–Crippen MR) is 89.3 cm³/mol. The van der Waals surface area contributed by atoms with Crippen LogP contribution in [-0.2, 0) is 0 Å². The van der Waals surface area contributed by atoms with Gasteiger partial charge in [0.2, 0.25) is 0 Å². The van der Waals surface area contributed by atoms with Crippen molar-refractivity contribution in [1.82, 2.24) is 9.80 Å². The van der Waals surface area contributed by atoms with Gasteiger partial charge in [-0.15, -0.1) is 0 Å². The maximum Gasteiger partial charge on any atom is 0.190 e. The molecule has 2 N–H and O–H groups in total. The smallest absolute Gasteiger partial charge is 0.190 e. The van der Waals surface area contributed by atoms with Crippen LogP contribution in [0.25, 0.3) is 0 Å². The minimum atomic E-state index is 0.331. The molecule has 116 valence electrons. The molecular weight excluding hydrogens is 260 g/mol. The van der Waals surface area contributed by atoms with Crippen LogP contribution in [-0.4, -0.2) is 49.5 Å². The molecule has 0 spiro atoms. The molecule has 4 nitrogen and oxygen atoms in total. The number of hydrogen-bond donors (Lipinski definition) is 1. The minimum Gasteiger partial charge on any atom is -0.370 e. The first-order valence-electron chi connectivity index (χ1n) is 7.84. The SMILES string of the molecule is CC1CCN([C@@H](CN=C(N)N(C)C)c2ccccc2)CC1. The Hall–Kier alpha value is -1.55. The molecule has 0 aliphatic carbocycles. The summed E-state index contributed by atoms with van der Waals surface area (Å²) in [5, 5.41) is 0. The van der Waals surface area contributed by atoms with Crippen LogP contribution < -0.4 is 5.73 Å². The average Bonchev–Trinajstić information content (AvgIpc) is 2.50. The summed E-state index contributed by atoms with van der Waals surface area (Å²) in [6.45, 7) is 5.37. The summed E-state index contributed by atoms with van der Waals surface area (Å²) in [5.41, 5.74) is 7.29. The lowest BCUT2D eigenvalue weighted by Gasteiger charge is -2.36. The Morgan fingerprint density at radius 2 is 1.90 bits per heavy atom. The third-order valence-corrected chi connectivity index (χ3v) is 4.33. The fraction of sp³-hybridized carbons (Fsp3) is 0.588. The van der Waals surface area contributed by atoms with Gasteiger partial charge in [0.15, 0.2) is 5.96 Å². The molecule has 1 fully saturated rings. The molecule has 1 aromatic rings. The molecule has 1 aliphatic heterocycles. The summed E-state index contributed by atoms with van der Waals surface area (Å²) in [6, 6.07) is 11.0. The van der Waals surface area contributed by atoms with Crippen LogP contribution in [0, 0.1) is 5.92 Å². The van der Waals surface area contributed by atoms with E-state index in [0.29, 0.717) is 12.0 Å². The molecule has 0 aromatic heterocycles. The predicted octanol–water partition coefficient (Wildman–Crippen LogP) is 2.34. The van der Waals surface area contributed by atoms with Gasteiger partial charge in [-0.25, -0.2) is 0 Å². The second-order valence-electron chi connectivity index (χ2n) is 6.24. The third kappa shape index (κ3) is 4.46. The van der Waals surface area contributed by atoms with E-state index in [1.165, 1.54) is 18.4 Å². The van der Waals surface area contributed by atoms with Gasteiger partial charge >= 0.3 is 0 Å². The summed E-state index contributed by atoms with van der Waals surface area (Å²) >= 11 is 0. The number of nitrogens with zero attached hydrogens (tertiary/aromatic N) is 3. The number of aliphatic imine (C=N–C) groups is 1. The molecule has 1 saturated heterocycles. The zero-order valence-corrected chi connectivity index (χ0v) is 13.5. The lowest BCUT2D eigenvalue weighted by molar-refractivity contribution is 0.141. The van der Waals surface area contributed by atoms with Crippen LogP contribution in [0.5, 0.6) is 0 Å². The molecule has 0 bridgehead atoms. The van der Waals surface area contributed by atoms with E-state index in [0.717, 1.165) is 25.6 Å². The molecule has 1 aliphatic rings. The number of guanidine groups is 1. The van der Waals surface area contributed by atoms with E-state index in [-0.39, 0.29) is 0 Å². The molecule has 2 rings (SSSR count). The van der Waals surface area contributed by atoms with Crippen molar-refractivity contribution in [2.45, 2.75) is 25.8 Å². The summed E-state index contributed by atoms with van der Waals surface area (Å²) in [5.74, 6) is 1.44. The van der Waals surface area contributed by atoms with E-state index in [1.54, 1.807) is 0 Å². The van der Waals surface area contributed by atoms with Crippen LogP contribution in [0.15, 0.2) is 35.3 Å². The number of rotatable bonds is 4. The zero-order chi connectivity index (χ0) is 15.2. The normalized spacial score (nSPS) is 19.5. The van der Waals surface area contributed by atoms with Gasteiger partial charge in [0.1, 0.15) is 0 Å². The van der Waals surface area contributed by atoms with Crippen molar-refractivity contribution in [3.05, 3.63) is 35.9 Å². The molecule has 1 heterocycles. The lowest BCUT2D eigenvalue weighted by atomic mass is 9.96. The Morgan fingerprint density at radius 1 is 1.29 bits per heavy atom. The molecule has 1 atom stereocenters. The molecule has 1 aromatic carbocycles. The van der Waals surface area contributed by atoms with Crippen LogP contribution in [0.1, 0.15) is 31.4 Å². The number of nitrogens with two attached hydrogens (primary N) is 1. The highest BCUT2D eigenvalue weighted by molar-refractivity contribution is 5.77. The fourth-order valence-corrected chi connectivity index (χ4v) is 2.77. The van der Waals surface area contributed by atoms with Crippen LogP contribution >= 0.6 is 0 Å². The second-order valence-corrected chi connectivity index (χ2v) is 6.24. The van der Waals surface area contributed by atoms with Crippen molar-refractivity contribution in [2.75, 3.05) is 33.7 Å². The highest BCUT2D eigenvalue weighted by atomic mass is 15.2. The van der Waals surface area contributed by atoms with Crippen LogP contribution in [0.4, 0.5) is 0 Å². The van der Waals surface area contributed by atoms with Gasteiger partial charge in [-0.3, -0.25) is 9.89 Å². The largest absolute Gasteiger partial charge is 0.370 e. The van der Waals surface area contributed by atoms with Crippen molar-refractivity contribution in [1.29, 1.82) is 0 Å². The van der Waals surface area contributed by atoms with E-state index in [1.807, 2.05) is 19.0 Å².